The van der Waals surface area contributed by atoms with Gasteiger partial charge in [-0.25, -0.2) is 4.79 Å². The summed E-state index contributed by atoms with van der Waals surface area (Å²) in [5.41, 5.74) is -0.754. The maximum Gasteiger partial charge on any atom is 0.335 e. The van der Waals surface area contributed by atoms with Crippen LogP contribution in [0.5, 0.6) is 0 Å². The molecule has 0 bridgehead atoms. The van der Waals surface area contributed by atoms with Crippen LogP contribution in [-0.2, 0) is 4.74 Å². The third-order valence-electron chi connectivity index (χ3n) is 4.05. The lowest BCUT2D eigenvalue weighted by molar-refractivity contribution is -0.384. The Hall–Kier alpha value is -2.13. The number of carbonyl (C=O) groups excluding carboxylic acids is 1. The van der Waals surface area contributed by atoms with Gasteiger partial charge < -0.3 is 15.2 Å². The smallest absolute Gasteiger partial charge is 0.335 e. The van der Waals surface area contributed by atoms with Crippen molar-refractivity contribution in [1.29, 1.82) is 0 Å². The number of thioether (sulfide) groups is 1. The molecule has 0 saturated carbocycles. The summed E-state index contributed by atoms with van der Waals surface area (Å²) in [6, 6.07) is 3.15. The molecular formula is C15H18N2O6S. The van der Waals surface area contributed by atoms with Gasteiger partial charge in [-0.1, -0.05) is 0 Å². The molecule has 0 radical (unpaired) electrons. The second kappa shape index (κ2) is 7.63. The van der Waals surface area contributed by atoms with Crippen molar-refractivity contribution in [2.45, 2.75) is 17.6 Å². The van der Waals surface area contributed by atoms with Crippen LogP contribution in [0, 0.1) is 10.1 Å². The molecule has 1 fully saturated rings. The van der Waals surface area contributed by atoms with Crippen molar-refractivity contribution in [2.24, 2.45) is 0 Å². The second-order valence-electron chi connectivity index (χ2n) is 5.51. The van der Waals surface area contributed by atoms with Crippen LogP contribution < -0.4 is 5.32 Å². The zero-order chi connectivity index (χ0) is 17.7. The van der Waals surface area contributed by atoms with E-state index in [-0.39, 0.29) is 15.9 Å². The number of aromatic carboxylic acids is 1. The van der Waals surface area contributed by atoms with Crippen molar-refractivity contribution in [3.8, 4) is 0 Å². The summed E-state index contributed by atoms with van der Waals surface area (Å²) in [4.78, 5) is 33.6. The third-order valence-corrected chi connectivity index (χ3v) is 5.46. The monoisotopic (exact) mass is 354 g/mol. The van der Waals surface area contributed by atoms with Gasteiger partial charge in [-0.2, -0.15) is 11.8 Å². The Morgan fingerprint density at radius 2 is 1.96 bits per heavy atom. The number of hydrogen-bond donors (Lipinski definition) is 2. The molecule has 2 rings (SSSR count). The van der Waals surface area contributed by atoms with E-state index in [1.807, 2.05) is 6.26 Å². The molecule has 0 aromatic heterocycles. The Morgan fingerprint density at radius 3 is 2.50 bits per heavy atom. The Bertz CT molecular complexity index is 625. The summed E-state index contributed by atoms with van der Waals surface area (Å²) in [6.07, 6.45) is 3.56. The molecule has 1 aliphatic rings. The third kappa shape index (κ3) is 4.24. The number of nitrogens with zero attached hydrogens (tertiary/aromatic N) is 1. The maximum atomic E-state index is 12.3. The van der Waals surface area contributed by atoms with E-state index in [1.54, 1.807) is 11.8 Å². The molecule has 1 aliphatic heterocycles. The number of benzene rings is 1. The number of ether oxygens (including phenoxy) is 1. The number of rotatable bonds is 6. The van der Waals surface area contributed by atoms with E-state index >= 15 is 0 Å². The molecule has 0 aliphatic carbocycles. The number of nitro benzene ring substituents is 1. The molecule has 8 nitrogen and oxygen atoms in total. The molecule has 1 aromatic carbocycles. The van der Waals surface area contributed by atoms with Gasteiger partial charge >= 0.3 is 5.97 Å². The number of carboxylic acid groups (broad SMARTS) is 1. The number of amides is 1. The minimum atomic E-state index is -1.32. The minimum absolute atomic E-state index is 0.0371. The van der Waals surface area contributed by atoms with Crippen molar-refractivity contribution in [2.75, 3.05) is 26.0 Å². The molecule has 130 valence electrons. The molecular weight excluding hydrogens is 336 g/mol. The number of carboxylic acids is 1. The van der Waals surface area contributed by atoms with Crippen LogP contribution in [0.4, 0.5) is 5.69 Å². The second-order valence-corrected chi connectivity index (χ2v) is 6.79. The van der Waals surface area contributed by atoms with Gasteiger partial charge in [-0.15, -0.1) is 0 Å². The van der Waals surface area contributed by atoms with Crippen LogP contribution in [-0.4, -0.2) is 52.7 Å². The first-order chi connectivity index (χ1) is 11.4. The van der Waals surface area contributed by atoms with Crippen LogP contribution in [0.3, 0.4) is 0 Å². The van der Waals surface area contributed by atoms with Crippen LogP contribution in [0.25, 0.3) is 0 Å². The van der Waals surface area contributed by atoms with Crippen LogP contribution in [0.2, 0.25) is 0 Å². The predicted octanol–water partition coefficient (Wildman–Crippen LogP) is 1.93. The summed E-state index contributed by atoms with van der Waals surface area (Å²) < 4.78 is 5.20. The molecule has 1 saturated heterocycles. The normalized spacial score (nSPS) is 16.4. The molecule has 0 unspecified atom stereocenters. The quantitative estimate of drug-likeness (QED) is 0.592. The van der Waals surface area contributed by atoms with Gasteiger partial charge in [0.25, 0.3) is 11.6 Å². The topological polar surface area (TPSA) is 119 Å². The van der Waals surface area contributed by atoms with Gasteiger partial charge in [0.2, 0.25) is 0 Å². The minimum Gasteiger partial charge on any atom is -0.478 e. The van der Waals surface area contributed by atoms with E-state index < -0.39 is 22.5 Å². The maximum absolute atomic E-state index is 12.3. The number of non-ortho nitro benzene ring substituents is 1. The predicted molar refractivity (Wildman–Crippen MR) is 88.7 cm³/mol. The van der Waals surface area contributed by atoms with Gasteiger partial charge in [0.1, 0.15) is 0 Å². The van der Waals surface area contributed by atoms with E-state index in [9.17, 15) is 19.7 Å². The van der Waals surface area contributed by atoms with Gasteiger partial charge in [-0.05, 0) is 25.2 Å². The molecule has 0 atom stereocenters. The first-order valence-electron chi connectivity index (χ1n) is 7.31. The highest BCUT2D eigenvalue weighted by atomic mass is 32.2. The van der Waals surface area contributed by atoms with Gasteiger partial charge in [0, 0.05) is 42.2 Å². The molecule has 1 amide bonds. The average molecular weight is 354 g/mol. The molecule has 1 heterocycles. The highest BCUT2D eigenvalue weighted by Gasteiger charge is 2.32. The lowest BCUT2D eigenvalue weighted by Crippen LogP contribution is -2.44. The number of nitro groups is 1. The number of hydrogen-bond acceptors (Lipinski definition) is 6. The lowest BCUT2D eigenvalue weighted by Gasteiger charge is -2.35. The highest BCUT2D eigenvalue weighted by Crippen LogP contribution is 2.33. The largest absolute Gasteiger partial charge is 0.478 e. The zero-order valence-electron chi connectivity index (χ0n) is 13.1. The van der Waals surface area contributed by atoms with Crippen molar-refractivity contribution in [1.82, 2.24) is 5.32 Å². The van der Waals surface area contributed by atoms with Crippen molar-refractivity contribution >= 4 is 29.3 Å². The zero-order valence-corrected chi connectivity index (χ0v) is 13.9. The average Bonchev–Trinajstić information content (AvgIpc) is 2.60. The fraction of sp³-hybridized carbons (Fsp3) is 0.467. The Balaban J connectivity index is 2.16. The summed E-state index contributed by atoms with van der Waals surface area (Å²) >= 11 is 1.65. The highest BCUT2D eigenvalue weighted by molar-refractivity contribution is 8.00. The van der Waals surface area contributed by atoms with Gasteiger partial charge in [0.15, 0.2) is 0 Å². The molecule has 0 spiro atoms. The summed E-state index contributed by atoms with van der Waals surface area (Å²) in [5, 5.41) is 22.7. The van der Waals surface area contributed by atoms with Crippen molar-refractivity contribution in [3.05, 3.63) is 39.4 Å². The SMILES string of the molecule is CSC1(CNC(=O)c2cc(C(=O)O)cc([N+](=O)[O-])c2)CCOCC1. The standard InChI is InChI=1S/C15H18N2O6S/c1-24-15(2-4-23-5-3-15)9-16-13(18)10-6-11(14(19)20)8-12(7-10)17(21)22/h6-8H,2-5,9H2,1H3,(H,16,18)(H,19,20). The fourth-order valence-corrected chi connectivity index (χ4v) is 3.30. The molecule has 1 aromatic rings. The first-order valence-corrected chi connectivity index (χ1v) is 8.53. The Labute approximate surface area is 142 Å². The van der Waals surface area contributed by atoms with E-state index in [1.165, 1.54) is 0 Å². The molecule has 2 N–H and O–H groups in total. The number of carbonyl (C=O) groups is 2. The van der Waals surface area contributed by atoms with Crippen molar-refractivity contribution in [3.63, 3.8) is 0 Å². The van der Waals surface area contributed by atoms with Crippen LogP contribution in [0.1, 0.15) is 33.6 Å². The summed E-state index contributed by atoms with van der Waals surface area (Å²) in [5.74, 6) is -1.85. The van der Waals surface area contributed by atoms with E-state index in [0.29, 0.717) is 19.8 Å². The molecule has 9 heteroatoms. The van der Waals surface area contributed by atoms with Gasteiger partial charge in [-0.3, -0.25) is 14.9 Å². The fourth-order valence-electron chi connectivity index (χ4n) is 2.51. The van der Waals surface area contributed by atoms with E-state index in [2.05, 4.69) is 5.32 Å². The van der Waals surface area contributed by atoms with Crippen molar-refractivity contribution < 1.29 is 24.4 Å². The summed E-state index contributed by atoms with van der Waals surface area (Å²) in [7, 11) is 0. The summed E-state index contributed by atoms with van der Waals surface area (Å²) in [6.45, 7) is 1.63. The Kier molecular flexibility index (Phi) is 5.79. The van der Waals surface area contributed by atoms with E-state index in [0.717, 1.165) is 31.0 Å². The van der Waals surface area contributed by atoms with Gasteiger partial charge in [0.05, 0.1) is 10.5 Å². The number of nitrogens with one attached hydrogen (secondary N) is 1. The molecule has 24 heavy (non-hydrogen) atoms. The van der Waals surface area contributed by atoms with Crippen LogP contribution >= 0.6 is 11.8 Å². The van der Waals surface area contributed by atoms with E-state index in [4.69, 9.17) is 9.84 Å². The lowest BCUT2D eigenvalue weighted by atomic mass is 9.98. The van der Waals surface area contributed by atoms with Crippen LogP contribution in [0.15, 0.2) is 18.2 Å². The first kappa shape index (κ1) is 18.2. The Morgan fingerprint density at radius 1 is 1.33 bits per heavy atom.